The van der Waals surface area contributed by atoms with Crippen molar-refractivity contribution in [3.8, 4) is 0 Å². The second-order valence-corrected chi connectivity index (χ2v) is 2.96. The summed E-state index contributed by atoms with van der Waals surface area (Å²) in [6.45, 7) is 0.291. The molecule has 2 N–H and O–H groups in total. The number of rotatable bonds is 3. The highest BCUT2D eigenvalue weighted by Gasteiger charge is 1.99. The Kier molecular flexibility index (Phi) is 2.96. The minimum Gasteiger partial charge on any atom is -0.319 e. The Hall–Kier alpha value is -0.130. The molecule has 0 aliphatic heterocycles. The van der Waals surface area contributed by atoms with Crippen LogP contribution in [0.15, 0.2) is 0 Å². The van der Waals surface area contributed by atoms with Gasteiger partial charge in [0.05, 0.1) is 5.75 Å². The van der Waals surface area contributed by atoms with E-state index in [0.717, 1.165) is 0 Å². The molecular weight excluding hydrogens is 129 g/mol. The Morgan fingerprint density at radius 2 is 2.12 bits per heavy atom. The second-order valence-electron chi connectivity index (χ2n) is 1.39. The first-order chi connectivity index (χ1) is 3.56. The lowest BCUT2D eigenvalue weighted by atomic mass is 10.5. The molecule has 0 amide bonds. The molecule has 0 spiro atoms. The van der Waals surface area contributed by atoms with Crippen molar-refractivity contribution in [2.75, 3.05) is 19.3 Å². The van der Waals surface area contributed by atoms with Gasteiger partial charge in [-0.05, 0) is 7.05 Å². The smallest absolute Gasteiger partial charge is 0.266 e. The van der Waals surface area contributed by atoms with Crippen molar-refractivity contribution in [3.05, 3.63) is 0 Å². The minimum atomic E-state index is -3.75. The van der Waals surface area contributed by atoms with Crippen LogP contribution in [0, 0.1) is 0 Å². The Balaban J connectivity index is 3.42. The van der Waals surface area contributed by atoms with Gasteiger partial charge in [0.25, 0.3) is 10.1 Å². The molecule has 0 fully saturated rings. The minimum absolute atomic E-state index is 0.219. The average Bonchev–Trinajstić information content (AvgIpc) is 1.59. The summed E-state index contributed by atoms with van der Waals surface area (Å²) in [5.41, 5.74) is 0. The van der Waals surface area contributed by atoms with E-state index in [1.807, 2.05) is 0 Å². The van der Waals surface area contributed by atoms with Crippen molar-refractivity contribution in [3.63, 3.8) is 0 Å². The summed E-state index contributed by atoms with van der Waals surface area (Å²) >= 11 is 0. The molecule has 0 aromatic rings. The Labute approximate surface area is 48.6 Å². The molecular formula is C3H9NO3S. The first-order valence-corrected chi connectivity index (χ1v) is 3.77. The molecule has 0 aromatic carbocycles. The van der Waals surface area contributed by atoms with Gasteiger partial charge in [-0.2, -0.15) is 8.42 Å². The van der Waals surface area contributed by atoms with Crippen molar-refractivity contribution in [2.45, 2.75) is 0 Å². The molecule has 0 saturated heterocycles. The Morgan fingerprint density at radius 3 is 2.25 bits per heavy atom. The van der Waals surface area contributed by atoms with Crippen molar-refractivity contribution < 1.29 is 13.0 Å². The van der Waals surface area contributed by atoms with Crippen LogP contribution < -0.4 is 5.32 Å². The molecule has 0 unspecified atom stereocenters. The van der Waals surface area contributed by atoms with Crippen LogP contribution in [-0.2, 0) is 10.1 Å². The number of hydrogen-bond acceptors (Lipinski definition) is 3. The van der Waals surface area contributed by atoms with E-state index in [1.54, 1.807) is 7.05 Å². The van der Waals surface area contributed by atoms with E-state index >= 15 is 0 Å². The van der Waals surface area contributed by atoms with Crippen molar-refractivity contribution in [2.24, 2.45) is 0 Å². The molecule has 5 heteroatoms. The summed E-state index contributed by atoms with van der Waals surface area (Å²) in [6, 6.07) is 0. The largest absolute Gasteiger partial charge is 0.319 e. The van der Waals surface area contributed by atoms with E-state index in [-0.39, 0.29) is 5.75 Å². The predicted molar refractivity (Wildman–Crippen MR) is 30.3 cm³/mol. The summed E-state index contributed by atoms with van der Waals surface area (Å²) in [5.74, 6) is -0.219. The summed E-state index contributed by atoms with van der Waals surface area (Å²) in [4.78, 5) is 0. The van der Waals surface area contributed by atoms with Crippen LogP contribution in [0.1, 0.15) is 0 Å². The maximum atomic E-state index is 9.91. The molecule has 0 aromatic heterocycles. The zero-order valence-electron chi connectivity index (χ0n) is 4.59. The fourth-order valence-corrected chi connectivity index (χ4v) is 0.693. The Morgan fingerprint density at radius 1 is 1.62 bits per heavy atom. The van der Waals surface area contributed by atoms with E-state index in [2.05, 4.69) is 5.32 Å². The highest BCUT2D eigenvalue weighted by molar-refractivity contribution is 7.85. The first-order valence-electron chi connectivity index (χ1n) is 2.16. The van der Waals surface area contributed by atoms with Gasteiger partial charge < -0.3 is 5.32 Å². The second kappa shape index (κ2) is 3.01. The quantitative estimate of drug-likeness (QED) is 0.496. The maximum absolute atomic E-state index is 9.91. The number of hydrogen-bond donors (Lipinski definition) is 2. The molecule has 0 aliphatic carbocycles. The maximum Gasteiger partial charge on any atom is 0.266 e. The van der Waals surface area contributed by atoms with Crippen LogP contribution in [0.25, 0.3) is 0 Å². The molecule has 4 nitrogen and oxygen atoms in total. The summed E-state index contributed by atoms with van der Waals surface area (Å²) < 4.78 is 27.9. The first kappa shape index (κ1) is 7.87. The molecule has 0 bridgehead atoms. The monoisotopic (exact) mass is 138 g/mol. The third kappa shape index (κ3) is 5.87. The van der Waals surface area contributed by atoms with E-state index in [9.17, 15) is 8.42 Å². The lowest BCUT2D eigenvalue weighted by Gasteiger charge is -1.92. The highest BCUT2D eigenvalue weighted by Crippen LogP contribution is 1.76. The molecule has 50 valence electrons. The van der Waals surface area contributed by atoms with Gasteiger partial charge in [-0.15, -0.1) is 0 Å². The van der Waals surface area contributed by atoms with Crippen molar-refractivity contribution >= 4 is 10.1 Å². The molecule has 0 aliphatic rings. The summed E-state index contributed by atoms with van der Waals surface area (Å²) in [6.07, 6.45) is 0. The van der Waals surface area contributed by atoms with Crippen molar-refractivity contribution in [1.82, 2.24) is 5.32 Å². The summed E-state index contributed by atoms with van der Waals surface area (Å²) in [5, 5.41) is 2.59. The van der Waals surface area contributed by atoms with Crippen LogP contribution in [0.5, 0.6) is 0 Å². The topological polar surface area (TPSA) is 66.4 Å². The van der Waals surface area contributed by atoms with Crippen LogP contribution in [0.2, 0.25) is 0 Å². The number of nitrogens with one attached hydrogen (secondary N) is 1. The fraction of sp³-hybridized carbons (Fsp3) is 1.00. The van der Waals surface area contributed by atoms with E-state index < -0.39 is 10.1 Å². The van der Waals surface area contributed by atoms with Crippen molar-refractivity contribution in [1.29, 1.82) is 0 Å². The van der Waals surface area contributed by atoms with E-state index in [0.29, 0.717) is 6.54 Å². The van der Waals surface area contributed by atoms with Crippen LogP contribution in [0.3, 0.4) is 0 Å². The van der Waals surface area contributed by atoms with Crippen LogP contribution in [-0.4, -0.2) is 32.3 Å². The van der Waals surface area contributed by atoms with Gasteiger partial charge in [-0.3, -0.25) is 4.55 Å². The van der Waals surface area contributed by atoms with Gasteiger partial charge in [-0.25, -0.2) is 0 Å². The third-order valence-electron chi connectivity index (χ3n) is 0.610. The molecule has 0 rings (SSSR count). The lowest BCUT2D eigenvalue weighted by molar-refractivity contribution is 0.482. The normalized spacial score (nSPS) is 11.8. The molecule has 0 saturated carbocycles. The van der Waals surface area contributed by atoms with Crippen LogP contribution >= 0.6 is 0 Å². The van der Waals surface area contributed by atoms with E-state index in [1.165, 1.54) is 0 Å². The van der Waals surface area contributed by atoms with Crippen LogP contribution in [0.4, 0.5) is 0 Å². The van der Waals surface area contributed by atoms with Gasteiger partial charge in [0, 0.05) is 6.54 Å². The highest BCUT2D eigenvalue weighted by atomic mass is 32.2. The zero-order chi connectivity index (χ0) is 6.62. The average molecular weight is 138 g/mol. The van der Waals surface area contributed by atoms with Gasteiger partial charge in [-0.1, -0.05) is 0 Å². The molecule has 0 atom stereocenters. The standard InChI is InChI=1S/C3H9NO3S/c1-4-2-3-8(5,6)7/h4H,2-3H2,1H3,(H,5,6,7)/i1-1. The molecule has 0 radical (unpaired) electrons. The Bertz CT molecular complexity index is 139. The summed E-state index contributed by atoms with van der Waals surface area (Å²) in [7, 11) is -2.13. The lowest BCUT2D eigenvalue weighted by Crippen LogP contribution is -2.18. The van der Waals surface area contributed by atoms with E-state index in [4.69, 9.17) is 4.55 Å². The third-order valence-corrected chi connectivity index (χ3v) is 1.33. The molecule has 0 heterocycles. The zero-order valence-corrected chi connectivity index (χ0v) is 5.40. The van der Waals surface area contributed by atoms with Gasteiger partial charge in [0.2, 0.25) is 0 Å². The van der Waals surface area contributed by atoms with Gasteiger partial charge in [0.1, 0.15) is 0 Å². The fourth-order valence-electron chi connectivity index (χ4n) is 0.231. The SMILES string of the molecule is [11CH3]NCCS(=O)(=O)O. The van der Waals surface area contributed by atoms with Gasteiger partial charge in [0.15, 0.2) is 0 Å². The van der Waals surface area contributed by atoms with Gasteiger partial charge >= 0.3 is 0 Å². The predicted octanol–water partition coefficient (Wildman–Crippen LogP) is -0.906. The molecule has 8 heavy (non-hydrogen) atoms.